The number of hydrogen-bond acceptors (Lipinski definition) is 3. The molecule has 38 valence electrons. The molecule has 0 amide bonds. The molecule has 0 aromatic carbocycles. The smallest absolute Gasteiger partial charge is 0.148 e. The van der Waals surface area contributed by atoms with Crippen molar-refractivity contribution >= 4 is 15.9 Å². The summed E-state index contributed by atoms with van der Waals surface area (Å²) in [6.07, 6.45) is 1.72. The van der Waals surface area contributed by atoms with E-state index >= 15 is 0 Å². The normalized spacial score (nSPS) is 28.1. The van der Waals surface area contributed by atoms with Gasteiger partial charge in [-0.3, -0.25) is 0 Å². The van der Waals surface area contributed by atoms with E-state index in [1.165, 1.54) is 0 Å². The van der Waals surface area contributed by atoms with Crippen molar-refractivity contribution < 1.29 is 0 Å². The number of rotatable bonds is 0. The zero-order valence-electron chi connectivity index (χ0n) is 3.50. The van der Waals surface area contributed by atoms with Crippen molar-refractivity contribution in [2.45, 2.75) is 4.95 Å². The molecular formula is C3H4BrN3. The van der Waals surface area contributed by atoms with Gasteiger partial charge in [0.05, 0.1) is 0 Å². The predicted octanol–water partition coefficient (Wildman–Crippen LogP) is 0.973. The van der Waals surface area contributed by atoms with Crippen molar-refractivity contribution in [3.05, 3.63) is 11.9 Å². The second kappa shape index (κ2) is 1.61. The fourth-order valence-corrected chi connectivity index (χ4v) is 0.692. The molecule has 0 radical (unpaired) electrons. The molecule has 1 rings (SSSR count). The quantitative estimate of drug-likeness (QED) is 0.418. The average Bonchev–Trinajstić information content (AvgIpc) is 1.87. The van der Waals surface area contributed by atoms with Crippen molar-refractivity contribution in [2.75, 3.05) is 0 Å². The Kier molecular flexibility index (Phi) is 1.10. The van der Waals surface area contributed by atoms with Crippen molar-refractivity contribution in [1.29, 1.82) is 0 Å². The summed E-state index contributed by atoms with van der Waals surface area (Å²) >= 11 is 3.16. The number of halogens is 1. The minimum absolute atomic E-state index is 0.00694. The van der Waals surface area contributed by atoms with E-state index in [4.69, 9.17) is 5.73 Å². The van der Waals surface area contributed by atoms with Gasteiger partial charge in [0.25, 0.3) is 0 Å². The second-order valence-electron chi connectivity index (χ2n) is 1.18. The van der Waals surface area contributed by atoms with Crippen LogP contribution in [-0.4, -0.2) is 4.95 Å². The summed E-state index contributed by atoms with van der Waals surface area (Å²) in [5.41, 5.74) is 5.20. The molecule has 0 unspecified atom stereocenters. The molecule has 0 aliphatic carbocycles. The van der Waals surface area contributed by atoms with Gasteiger partial charge in [0.15, 0.2) is 0 Å². The molecule has 0 saturated heterocycles. The Bertz CT molecular complexity index is 128. The predicted molar refractivity (Wildman–Crippen MR) is 29.8 cm³/mol. The topological polar surface area (TPSA) is 50.7 Å². The fourth-order valence-electron chi connectivity index (χ4n) is 0.329. The SMILES string of the molecule is NC1=C[C@@H](Br)N=N1. The van der Waals surface area contributed by atoms with E-state index in [9.17, 15) is 0 Å². The van der Waals surface area contributed by atoms with Gasteiger partial charge in [-0.2, -0.15) is 5.11 Å². The van der Waals surface area contributed by atoms with Crippen LogP contribution in [0.2, 0.25) is 0 Å². The van der Waals surface area contributed by atoms with Crippen LogP contribution in [0, 0.1) is 0 Å². The van der Waals surface area contributed by atoms with Crippen LogP contribution in [0.4, 0.5) is 0 Å². The van der Waals surface area contributed by atoms with Crippen LogP contribution in [0.25, 0.3) is 0 Å². The van der Waals surface area contributed by atoms with Gasteiger partial charge in [-0.25, -0.2) is 0 Å². The van der Waals surface area contributed by atoms with Gasteiger partial charge < -0.3 is 5.73 Å². The molecule has 0 spiro atoms. The van der Waals surface area contributed by atoms with Crippen LogP contribution in [-0.2, 0) is 0 Å². The van der Waals surface area contributed by atoms with Gasteiger partial charge in [0, 0.05) is 0 Å². The molecule has 0 saturated carbocycles. The summed E-state index contributed by atoms with van der Waals surface area (Å²) < 4.78 is 0. The molecule has 1 aliphatic heterocycles. The first-order chi connectivity index (χ1) is 3.29. The summed E-state index contributed by atoms with van der Waals surface area (Å²) in [6, 6.07) is 0. The van der Waals surface area contributed by atoms with Gasteiger partial charge in [-0.15, -0.1) is 5.11 Å². The van der Waals surface area contributed by atoms with Crippen LogP contribution < -0.4 is 5.73 Å². The van der Waals surface area contributed by atoms with Crippen LogP contribution in [0.1, 0.15) is 0 Å². The standard InChI is InChI=1S/C3H4BrN3/c4-2-1-3(5)7-6-2/h1-2H,5H2/t2-/m0/s1. The lowest BCUT2D eigenvalue weighted by molar-refractivity contribution is 1.06. The molecule has 1 aliphatic rings. The summed E-state index contributed by atoms with van der Waals surface area (Å²) in [6.45, 7) is 0. The van der Waals surface area contributed by atoms with E-state index in [2.05, 4.69) is 26.2 Å². The van der Waals surface area contributed by atoms with Crippen LogP contribution in [0.5, 0.6) is 0 Å². The highest BCUT2D eigenvalue weighted by Crippen LogP contribution is 2.12. The molecule has 4 heteroatoms. The molecule has 0 aromatic rings. The summed E-state index contributed by atoms with van der Waals surface area (Å²) in [4.78, 5) is 0.00694. The van der Waals surface area contributed by atoms with Gasteiger partial charge in [0.2, 0.25) is 0 Å². The molecule has 7 heavy (non-hydrogen) atoms. The first kappa shape index (κ1) is 4.77. The summed E-state index contributed by atoms with van der Waals surface area (Å²) in [5.74, 6) is 0.488. The second-order valence-corrected chi connectivity index (χ2v) is 2.12. The number of alkyl halides is 1. The Hall–Kier alpha value is -0.380. The Morgan fingerprint density at radius 1 is 1.86 bits per heavy atom. The highest BCUT2D eigenvalue weighted by Gasteiger charge is 2.02. The lowest BCUT2D eigenvalue weighted by Gasteiger charge is -1.78. The molecule has 1 atom stereocenters. The monoisotopic (exact) mass is 161 g/mol. The largest absolute Gasteiger partial charge is 0.382 e. The zero-order valence-corrected chi connectivity index (χ0v) is 5.09. The minimum atomic E-state index is 0.00694. The molecule has 1 heterocycles. The van der Waals surface area contributed by atoms with E-state index in [0.717, 1.165) is 0 Å². The lowest BCUT2D eigenvalue weighted by Crippen LogP contribution is -1.88. The molecule has 0 aromatic heterocycles. The summed E-state index contributed by atoms with van der Waals surface area (Å²) in [5, 5.41) is 7.18. The molecule has 2 N–H and O–H groups in total. The molecule has 0 bridgehead atoms. The highest BCUT2D eigenvalue weighted by atomic mass is 79.9. The van der Waals surface area contributed by atoms with Gasteiger partial charge in [-0.1, -0.05) is 15.9 Å². The molecule has 0 fully saturated rings. The van der Waals surface area contributed by atoms with E-state index in [0.29, 0.717) is 5.82 Å². The number of nitrogens with two attached hydrogens (primary N) is 1. The third-order valence-corrected chi connectivity index (χ3v) is 1.04. The molecule has 3 nitrogen and oxygen atoms in total. The Morgan fingerprint density at radius 3 is 2.71 bits per heavy atom. The third-order valence-electron chi connectivity index (χ3n) is 0.592. The van der Waals surface area contributed by atoms with Crippen molar-refractivity contribution in [1.82, 2.24) is 0 Å². The van der Waals surface area contributed by atoms with Gasteiger partial charge in [0.1, 0.15) is 10.8 Å². The maximum atomic E-state index is 5.20. The van der Waals surface area contributed by atoms with Crippen molar-refractivity contribution in [2.24, 2.45) is 16.0 Å². The zero-order chi connectivity index (χ0) is 5.28. The first-order valence-electron chi connectivity index (χ1n) is 1.81. The van der Waals surface area contributed by atoms with Gasteiger partial charge >= 0.3 is 0 Å². The van der Waals surface area contributed by atoms with E-state index in [1.807, 2.05) is 0 Å². The number of nitrogens with zero attached hydrogens (tertiary/aromatic N) is 2. The number of hydrogen-bond donors (Lipinski definition) is 1. The first-order valence-corrected chi connectivity index (χ1v) is 2.73. The summed E-state index contributed by atoms with van der Waals surface area (Å²) in [7, 11) is 0. The van der Waals surface area contributed by atoms with Crippen LogP contribution in [0.3, 0.4) is 0 Å². The van der Waals surface area contributed by atoms with E-state index in [-0.39, 0.29) is 4.95 Å². The van der Waals surface area contributed by atoms with Crippen molar-refractivity contribution in [3.8, 4) is 0 Å². The Labute approximate surface area is 49.4 Å². The lowest BCUT2D eigenvalue weighted by atomic mass is 10.6. The van der Waals surface area contributed by atoms with Gasteiger partial charge in [-0.05, 0) is 6.08 Å². The Balaban J connectivity index is 2.69. The Morgan fingerprint density at radius 2 is 2.57 bits per heavy atom. The van der Waals surface area contributed by atoms with Crippen LogP contribution in [0.15, 0.2) is 22.1 Å². The fraction of sp³-hybridized carbons (Fsp3) is 0.333. The average molecular weight is 162 g/mol. The van der Waals surface area contributed by atoms with Crippen LogP contribution >= 0.6 is 15.9 Å². The maximum absolute atomic E-state index is 5.20. The number of azo groups is 1. The van der Waals surface area contributed by atoms with E-state index in [1.54, 1.807) is 6.08 Å². The van der Waals surface area contributed by atoms with Crippen molar-refractivity contribution in [3.63, 3.8) is 0 Å². The van der Waals surface area contributed by atoms with E-state index < -0.39 is 0 Å². The molecular weight excluding hydrogens is 158 g/mol. The highest BCUT2D eigenvalue weighted by molar-refractivity contribution is 9.09. The minimum Gasteiger partial charge on any atom is -0.382 e. The third kappa shape index (κ3) is 0.991. The maximum Gasteiger partial charge on any atom is 0.148 e.